The zero-order valence-electron chi connectivity index (χ0n) is 10.5. The number of nitrogens with one attached hydrogen (secondary N) is 1. The quantitative estimate of drug-likeness (QED) is 0.807. The molecule has 3 N–H and O–H groups in total. The Labute approximate surface area is 106 Å². The average Bonchev–Trinajstić information content (AvgIpc) is 2.60. The maximum atomic E-state index is 5.79. The standard InChI is InChI=1S/C14H18N2S/c1-9-4-5-12(15)7-14(9)16-8-13-6-10(2)11(3)17-13/h4-7,16H,8,15H2,1-3H3. The van der Waals surface area contributed by atoms with Gasteiger partial charge in [-0.1, -0.05) is 6.07 Å². The fraction of sp³-hybridized carbons (Fsp3) is 0.286. The highest BCUT2D eigenvalue weighted by molar-refractivity contribution is 7.12. The Hall–Kier alpha value is -1.48. The Morgan fingerprint density at radius 2 is 1.88 bits per heavy atom. The number of aryl methyl sites for hydroxylation is 3. The zero-order chi connectivity index (χ0) is 12.4. The van der Waals surface area contributed by atoms with Crippen molar-refractivity contribution in [3.63, 3.8) is 0 Å². The van der Waals surface area contributed by atoms with Crippen molar-refractivity contribution in [2.45, 2.75) is 27.3 Å². The highest BCUT2D eigenvalue weighted by Gasteiger charge is 2.03. The van der Waals surface area contributed by atoms with E-state index in [2.05, 4.69) is 32.2 Å². The number of nitrogen functional groups attached to an aromatic ring is 1. The zero-order valence-corrected chi connectivity index (χ0v) is 11.3. The van der Waals surface area contributed by atoms with Crippen LogP contribution in [0.4, 0.5) is 11.4 Å². The first-order valence-corrected chi connectivity index (χ1v) is 6.54. The number of anilines is 2. The molecule has 0 bridgehead atoms. The van der Waals surface area contributed by atoms with Crippen molar-refractivity contribution in [3.05, 3.63) is 45.1 Å². The SMILES string of the molecule is Cc1ccc(N)cc1NCc1cc(C)c(C)s1. The molecule has 0 amide bonds. The van der Waals surface area contributed by atoms with Gasteiger partial charge < -0.3 is 11.1 Å². The van der Waals surface area contributed by atoms with Crippen LogP contribution in [-0.2, 0) is 6.54 Å². The first kappa shape index (κ1) is 12.0. The summed E-state index contributed by atoms with van der Waals surface area (Å²) in [5.41, 5.74) is 10.3. The molecule has 90 valence electrons. The minimum atomic E-state index is 0.802. The van der Waals surface area contributed by atoms with Gasteiger partial charge in [0.1, 0.15) is 0 Å². The van der Waals surface area contributed by atoms with Gasteiger partial charge in [0.05, 0.1) is 0 Å². The molecule has 1 aromatic carbocycles. The highest BCUT2D eigenvalue weighted by Crippen LogP contribution is 2.23. The Bertz CT molecular complexity index is 510. The molecule has 0 saturated heterocycles. The van der Waals surface area contributed by atoms with Crippen molar-refractivity contribution < 1.29 is 0 Å². The van der Waals surface area contributed by atoms with Crippen LogP contribution in [0, 0.1) is 20.8 Å². The van der Waals surface area contributed by atoms with Crippen LogP contribution < -0.4 is 11.1 Å². The van der Waals surface area contributed by atoms with E-state index in [1.165, 1.54) is 20.9 Å². The van der Waals surface area contributed by atoms with E-state index in [4.69, 9.17) is 5.73 Å². The molecule has 1 heterocycles. The van der Waals surface area contributed by atoms with Gasteiger partial charge in [-0.3, -0.25) is 0 Å². The number of benzene rings is 1. The maximum absolute atomic E-state index is 5.79. The van der Waals surface area contributed by atoms with Crippen LogP contribution in [0.3, 0.4) is 0 Å². The lowest BCUT2D eigenvalue weighted by Crippen LogP contribution is -2.00. The van der Waals surface area contributed by atoms with Gasteiger partial charge in [0, 0.05) is 27.7 Å². The summed E-state index contributed by atoms with van der Waals surface area (Å²) in [6.45, 7) is 7.27. The Morgan fingerprint density at radius 3 is 2.53 bits per heavy atom. The molecule has 0 fully saturated rings. The van der Waals surface area contributed by atoms with Gasteiger partial charge in [0.15, 0.2) is 0 Å². The molecule has 0 saturated carbocycles. The predicted molar refractivity (Wildman–Crippen MR) is 76.7 cm³/mol. The molecule has 0 aliphatic heterocycles. The van der Waals surface area contributed by atoms with E-state index >= 15 is 0 Å². The molecule has 0 spiro atoms. The first-order chi connectivity index (χ1) is 8.06. The van der Waals surface area contributed by atoms with Crippen molar-refractivity contribution in [2.75, 3.05) is 11.1 Å². The third-order valence-electron chi connectivity index (χ3n) is 2.93. The van der Waals surface area contributed by atoms with Gasteiger partial charge in [-0.2, -0.15) is 0 Å². The maximum Gasteiger partial charge on any atom is 0.0494 e. The number of thiophene rings is 1. The van der Waals surface area contributed by atoms with Crippen LogP contribution >= 0.6 is 11.3 Å². The molecule has 17 heavy (non-hydrogen) atoms. The van der Waals surface area contributed by atoms with Crippen LogP contribution in [0.25, 0.3) is 0 Å². The van der Waals surface area contributed by atoms with Crippen molar-refractivity contribution in [2.24, 2.45) is 0 Å². The number of hydrogen-bond acceptors (Lipinski definition) is 3. The molecule has 0 aliphatic rings. The van der Waals surface area contributed by atoms with Crippen LogP contribution in [0.5, 0.6) is 0 Å². The summed E-state index contributed by atoms with van der Waals surface area (Å²) in [6, 6.07) is 8.21. The molecular formula is C14H18N2S. The van der Waals surface area contributed by atoms with Gasteiger partial charge in [-0.25, -0.2) is 0 Å². The summed E-state index contributed by atoms with van der Waals surface area (Å²) in [5, 5.41) is 3.44. The van der Waals surface area contributed by atoms with Crippen LogP contribution in [0.1, 0.15) is 20.9 Å². The van der Waals surface area contributed by atoms with Crippen molar-refractivity contribution in [1.29, 1.82) is 0 Å². The smallest absolute Gasteiger partial charge is 0.0494 e. The summed E-state index contributed by atoms with van der Waals surface area (Å²) in [5.74, 6) is 0. The molecule has 2 rings (SSSR count). The Kier molecular flexibility index (Phi) is 3.38. The van der Waals surface area contributed by atoms with Crippen LogP contribution in [0.15, 0.2) is 24.3 Å². The van der Waals surface area contributed by atoms with Crippen molar-refractivity contribution in [1.82, 2.24) is 0 Å². The fourth-order valence-corrected chi connectivity index (χ4v) is 2.74. The number of hydrogen-bond donors (Lipinski definition) is 2. The summed E-state index contributed by atoms with van der Waals surface area (Å²) >= 11 is 1.85. The monoisotopic (exact) mass is 246 g/mol. The van der Waals surface area contributed by atoms with E-state index in [-0.39, 0.29) is 0 Å². The molecule has 0 unspecified atom stereocenters. The third kappa shape index (κ3) is 2.80. The van der Waals surface area contributed by atoms with E-state index in [1.54, 1.807) is 0 Å². The normalized spacial score (nSPS) is 10.5. The van der Waals surface area contributed by atoms with Crippen LogP contribution in [-0.4, -0.2) is 0 Å². The summed E-state index contributed by atoms with van der Waals surface area (Å²) in [7, 11) is 0. The van der Waals surface area contributed by atoms with E-state index < -0.39 is 0 Å². The second-order valence-corrected chi connectivity index (χ2v) is 5.72. The summed E-state index contributed by atoms with van der Waals surface area (Å²) in [6.07, 6.45) is 0. The van der Waals surface area contributed by atoms with Crippen LogP contribution in [0.2, 0.25) is 0 Å². The fourth-order valence-electron chi connectivity index (χ4n) is 1.75. The number of rotatable bonds is 3. The van der Waals surface area contributed by atoms with E-state index in [9.17, 15) is 0 Å². The molecule has 2 nitrogen and oxygen atoms in total. The van der Waals surface area contributed by atoms with Gasteiger partial charge >= 0.3 is 0 Å². The van der Waals surface area contributed by atoms with E-state index in [0.29, 0.717) is 0 Å². The molecule has 2 aromatic rings. The lowest BCUT2D eigenvalue weighted by Gasteiger charge is -2.09. The minimum Gasteiger partial charge on any atom is -0.399 e. The van der Waals surface area contributed by atoms with Gasteiger partial charge in [-0.15, -0.1) is 11.3 Å². The lowest BCUT2D eigenvalue weighted by molar-refractivity contribution is 1.18. The Balaban J connectivity index is 2.09. The highest BCUT2D eigenvalue weighted by atomic mass is 32.1. The molecule has 0 aliphatic carbocycles. The Morgan fingerprint density at radius 1 is 1.12 bits per heavy atom. The molecule has 3 heteroatoms. The van der Waals surface area contributed by atoms with E-state index in [0.717, 1.165) is 17.9 Å². The second kappa shape index (κ2) is 4.80. The first-order valence-electron chi connectivity index (χ1n) is 5.72. The van der Waals surface area contributed by atoms with Gasteiger partial charge in [-0.05, 0) is 50.1 Å². The summed E-state index contributed by atoms with van der Waals surface area (Å²) < 4.78 is 0. The third-order valence-corrected chi connectivity index (χ3v) is 4.08. The lowest BCUT2D eigenvalue weighted by atomic mass is 10.2. The molecule has 0 atom stereocenters. The van der Waals surface area contributed by atoms with Crippen molar-refractivity contribution in [3.8, 4) is 0 Å². The van der Waals surface area contributed by atoms with E-state index in [1.807, 2.05) is 29.5 Å². The summed E-state index contributed by atoms with van der Waals surface area (Å²) in [4.78, 5) is 2.76. The predicted octanol–water partition coefficient (Wildman–Crippen LogP) is 3.87. The minimum absolute atomic E-state index is 0.802. The molecule has 0 radical (unpaired) electrons. The number of nitrogens with two attached hydrogens (primary N) is 1. The largest absolute Gasteiger partial charge is 0.399 e. The van der Waals surface area contributed by atoms with Gasteiger partial charge in [0.25, 0.3) is 0 Å². The molecule has 1 aromatic heterocycles. The average molecular weight is 246 g/mol. The topological polar surface area (TPSA) is 38.0 Å². The second-order valence-electron chi connectivity index (χ2n) is 4.38. The molecular weight excluding hydrogens is 228 g/mol. The van der Waals surface area contributed by atoms with Gasteiger partial charge in [0.2, 0.25) is 0 Å². The van der Waals surface area contributed by atoms with Crippen molar-refractivity contribution >= 4 is 22.7 Å².